The number of aromatic nitrogens is 2. The van der Waals surface area contributed by atoms with Crippen molar-refractivity contribution in [1.29, 1.82) is 0 Å². The summed E-state index contributed by atoms with van der Waals surface area (Å²) in [6, 6.07) is 11.5. The zero-order valence-corrected chi connectivity index (χ0v) is 15.8. The summed E-state index contributed by atoms with van der Waals surface area (Å²) in [6.45, 7) is 9.02. The second-order valence-corrected chi connectivity index (χ2v) is 7.28. The van der Waals surface area contributed by atoms with Gasteiger partial charge in [0, 0.05) is 30.8 Å². The van der Waals surface area contributed by atoms with Crippen molar-refractivity contribution in [2.75, 3.05) is 18.9 Å². The van der Waals surface area contributed by atoms with E-state index >= 15 is 0 Å². The zero-order chi connectivity index (χ0) is 18.4. The fourth-order valence-corrected chi connectivity index (χ4v) is 2.41. The molecule has 0 spiro atoms. The van der Waals surface area contributed by atoms with Gasteiger partial charge in [0.1, 0.15) is 11.5 Å². The lowest BCUT2D eigenvalue weighted by atomic mass is 10.1. The maximum absolute atomic E-state index is 12.8. The first-order chi connectivity index (χ1) is 11.8. The Bertz CT molecular complexity index is 707. The van der Waals surface area contributed by atoms with Crippen LogP contribution in [-0.4, -0.2) is 39.9 Å². The molecule has 134 valence electrons. The summed E-state index contributed by atoms with van der Waals surface area (Å²) in [5.41, 5.74) is 1.15. The van der Waals surface area contributed by atoms with Crippen molar-refractivity contribution < 1.29 is 4.79 Å². The van der Waals surface area contributed by atoms with Crippen LogP contribution in [0.3, 0.4) is 0 Å². The number of carbonyl (C=O) groups is 1. The van der Waals surface area contributed by atoms with Crippen molar-refractivity contribution in [1.82, 2.24) is 14.9 Å². The molecule has 1 heterocycles. The minimum atomic E-state index is -0.156. The first-order valence-corrected chi connectivity index (χ1v) is 8.78. The number of anilines is 1. The monoisotopic (exact) mass is 340 g/mol. The summed E-state index contributed by atoms with van der Waals surface area (Å²) in [7, 11) is 1.82. The van der Waals surface area contributed by atoms with Crippen molar-refractivity contribution in [3.63, 3.8) is 0 Å². The molecular weight excluding hydrogens is 312 g/mol. The molecule has 2 rings (SSSR count). The second-order valence-electron chi connectivity index (χ2n) is 7.28. The van der Waals surface area contributed by atoms with E-state index in [-0.39, 0.29) is 11.4 Å². The standard InChI is InChI=1S/C20H28N4O/c1-6-7-13-24(5)19(25)16-14-17(23-20(2,3)4)22-18(21-16)15-11-9-8-10-12-15/h8-12,14H,6-7,13H2,1-5H3,(H,21,22,23). The van der Waals surface area contributed by atoms with Crippen LogP contribution in [0.15, 0.2) is 36.4 Å². The Hall–Kier alpha value is -2.43. The Morgan fingerprint density at radius 3 is 2.44 bits per heavy atom. The molecule has 0 atom stereocenters. The normalized spacial score (nSPS) is 11.2. The van der Waals surface area contributed by atoms with E-state index in [1.165, 1.54) is 0 Å². The Balaban J connectivity index is 2.41. The van der Waals surface area contributed by atoms with E-state index in [9.17, 15) is 4.79 Å². The number of amides is 1. The van der Waals surface area contributed by atoms with Gasteiger partial charge >= 0.3 is 0 Å². The number of hydrogen-bond acceptors (Lipinski definition) is 4. The number of carbonyl (C=O) groups excluding carboxylic acids is 1. The van der Waals surface area contributed by atoms with Crippen LogP contribution in [0.1, 0.15) is 51.0 Å². The number of unbranched alkanes of at least 4 members (excludes halogenated alkanes) is 1. The molecule has 1 aromatic carbocycles. The molecule has 1 aromatic heterocycles. The highest BCUT2D eigenvalue weighted by atomic mass is 16.2. The Morgan fingerprint density at radius 2 is 1.84 bits per heavy atom. The number of hydrogen-bond donors (Lipinski definition) is 1. The fraction of sp³-hybridized carbons (Fsp3) is 0.450. The van der Waals surface area contributed by atoms with Crippen molar-refractivity contribution in [2.24, 2.45) is 0 Å². The molecule has 2 aromatic rings. The van der Waals surface area contributed by atoms with Crippen molar-refractivity contribution in [3.05, 3.63) is 42.1 Å². The van der Waals surface area contributed by atoms with E-state index in [0.29, 0.717) is 17.3 Å². The highest BCUT2D eigenvalue weighted by Crippen LogP contribution is 2.20. The molecule has 25 heavy (non-hydrogen) atoms. The van der Waals surface area contributed by atoms with Crippen LogP contribution in [0, 0.1) is 0 Å². The summed E-state index contributed by atoms with van der Waals surface area (Å²) in [5, 5.41) is 3.35. The van der Waals surface area contributed by atoms with Crippen molar-refractivity contribution in [2.45, 2.75) is 46.1 Å². The summed E-state index contributed by atoms with van der Waals surface area (Å²) in [4.78, 5) is 23.6. The predicted molar refractivity (Wildman–Crippen MR) is 103 cm³/mol. The van der Waals surface area contributed by atoms with Gasteiger partial charge < -0.3 is 10.2 Å². The summed E-state index contributed by atoms with van der Waals surface area (Å²) >= 11 is 0. The topological polar surface area (TPSA) is 58.1 Å². The van der Waals surface area contributed by atoms with E-state index in [2.05, 4.69) is 43.0 Å². The second kappa shape index (κ2) is 8.10. The minimum absolute atomic E-state index is 0.0787. The van der Waals surface area contributed by atoms with Crippen LogP contribution in [0.25, 0.3) is 11.4 Å². The molecule has 1 amide bonds. The molecule has 0 saturated heterocycles. The molecular formula is C20H28N4O. The van der Waals surface area contributed by atoms with Crippen LogP contribution >= 0.6 is 0 Å². The van der Waals surface area contributed by atoms with E-state index in [4.69, 9.17) is 0 Å². The number of nitrogens with one attached hydrogen (secondary N) is 1. The van der Waals surface area contributed by atoms with Crippen LogP contribution in [-0.2, 0) is 0 Å². The SMILES string of the molecule is CCCCN(C)C(=O)c1cc(NC(C)(C)C)nc(-c2ccccc2)n1. The van der Waals surface area contributed by atoms with Crippen LogP contribution in [0.4, 0.5) is 5.82 Å². The Morgan fingerprint density at radius 1 is 1.16 bits per heavy atom. The van der Waals surface area contributed by atoms with E-state index in [1.807, 2.05) is 37.4 Å². The third kappa shape index (κ3) is 5.55. The highest BCUT2D eigenvalue weighted by molar-refractivity contribution is 5.93. The number of benzene rings is 1. The van der Waals surface area contributed by atoms with E-state index < -0.39 is 0 Å². The average Bonchev–Trinajstić information content (AvgIpc) is 2.58. The minimum Gasteiger partial charge on any atom is -0.365 e. The lowest BCUT2D eigenvalue weighted by molar-refractivity contribution is 0.0787. The van der Waals surface area contributed by atoms with Gasteiger partial charge in [0.25, 0.3) is 5.91 Å². The first-order valence-electron chi connectivity index (χ1n) is 8.78. The summed E-state index contributed by atoms with van der Waals surface area (Å²) in [5.74, 6) is 1.14. The summed E-state index contributed by atoms with van der Waals surface area (Å²) in [6.07, 6.45) is 2.03. The van der Waals surface area contributed by atoms with Gasteiger partial charge in [-0.15, -0.1) is 0 Å². The Labute approximate surface area is 150 Å². The molecule has 0 bridgehead atoms. The molecule has 0 aliphatic rings. The van der Waals surface area contributed by atoms with Gasteiger partial charge in [0.05, 0.1) is 0 Å². The maximum atomic E-state index is 12.8. The Kier molecular flexibility index (Phi) is 6.12. The molecule has 5 nitrogen and oxygen atoms in total. The van der Waals surface area contributed by atoms with Gasteiger partial charge in [-0.05, 0) is 27.2 Å². The molecule has 0 fully saturated rings. The van der Waals surface area contributed by atoms with Gasteiger partial charge in [-0.25, -0.2) is 9.97 Å². The van der Waals surface area contributed by atoms with Crippen LogP contribution in [0.2, 0.25) is 0 Å². The van der Waals surface area contributed by atoms with Gasteiger partial charge in [-0.3, -0.25) is 4.79 Å². The number of nitrogens with zero attached hydrogens (tertiary/aromatic N) is 3. The third-order valence-electron chi connectivity index (χ3n) is 3.67. The van der Waals surface area contributed by atoms with E-state index in [1.54, 1.807) is 11.0 Å². The average molecular weight is 340 g/mol. The van der Waals surface area contributed by atoms with Crippen LogP contribution < -0.4 is 5.32 Å². The molecule has 0 saturated carbocycles. The van der Waals surface area contributed by atoms with Crippen molar-refractivity contribution >= 4 is 11.7 Å². The molecule has 1 N–H and O–H groups in total. The molecule has 0 aliphatic carbocycles. The molecule has 5 heteroatoms. The van der Waals surface area contributed by atoms with Crippen LogP contribution in [0.5, 0.6) is 0 Å². The fourth-order valence-electron chi connectivity index (χ4n) is 2.41. The maximum Gasteiger partial charge on any atom is 0.272 e. The van der Waals surface area contributed by atoms with E-state index in [0.717, 1.165) is 24.9 Å². The van der Waals surface area contributed by atoms with Gasteiger partial charge in [-0.1, -0.05) is 43.7 Å². The number of rotatable bonds is 6. The molecule has 0 unspecified atom stereocenters. The van der Waals surface area contributed by atoms with Gasteiger partial charge in [0.2, 0.25) is 0 Å². The third-order valence-corrected chi connectivity index (χ3v) is 3.67. The lowest BCUT2D eigenvalue weighted by Gasteiger charge is -2.22. The molecule has 0 radical (unpaired) electrons. The predicted octanol–water partition coefficient (Wildman–Crippen LogP) is 4.23. The van der Waals surface area contributed by atoms with Gasteiger partial charge in [-0.2, -0.15) is 0 Å². The largest absolute Gasteiger partial charge is 0.365 e. The van der Waals surface area contributed by atoms with Crippen molar-refractivity contribution in [3.8, 4) is 11.4 Å². The summed E-state index contributed by atoms with van der Waals surface area (Å²) < 4.78 is 0. The lowest BCUT2D eigenvalue weighted by Crippen LogP contribution is -2.30. The zero-order valence-electron chi connectivity index (χ0n) is 15.8. The van der Waals surface area contributed by atoms with Gasteiger partial charge in [0.15, 0.2) is 5.82 Å². The quantitative estimate of drug-likeness (QED) is 0.855. The smallest absolute Gasteiger partial charge is 0.272 e. The molecule has 0 aliphatic heterocycles. The highest BCUT2D eigenvalue weighted by Gasteiger charge is 2.18. The first kappa shape index (κ1) is 18.9.